The Balaban J connectivity index is 1.84. The fraction of sp³-hybridized carbons (Fsp3) is 0.0952. The third-order valence-electron chi connectivity index (χ3n) is 4.95. The van der Waals surface area contributed by atoms with E-state index in [4.69, 9.17) is 32.1 Å². The molecule has 0 aliphatic carbocycles. The summed E-state index contributed by atoms with van der Waals surface area (Å²) in [5.74, 6) is -0.620. The van der Waals surface area contributed by atoms with Crippen molar-refractivity contribution in [2.24, 2.45) is 0 Å². The van der Waals surface area contributed by atoms with Crippen molar-refractivity contribution in [3.05, 3.63) is 91.2 Å². The van der Waals surface area contributed by atoms with Crippen molar-refractivity contribution < 1.29 is 18.1 Å². The molecule has 3 heterocycles. The monoisotopic (exact) mass is 444 g/mol. The van der Waals surface area contributed by atoms with Crippen LogP contribution in [0.5, 0.6) is 0 Å². The van der Waals surface area contributed by atoms with Crippen LogP contribution in [0.1, 0.15) is 33.5 Å². The van der Waals surface area contributed by atoms with Gasteiger partial charge in [0.15, 0.2) is 11.2 Å². The van der Waals surface area contributed by atoms with Crippen LogP contribution in [0.3, 0.4) is 0 Å². The molecule has 6 nitrogen and oxygen atoms in total. The molecule has 0 spiro atoms. The van der Waals surface area contributed by atoms with Gasteiger partial charge in [-0.2, -0.15) is 0 Å². The second-order valence-electron chi connectivity index (χ2n) is 6.86. The van der Waals surface area contributed by atoms with Gasteiger partial charge in [-0.15, -0.1) is 0 Å². The number of halogens is 3. The molecular weight excluding hydrogens is 434 g/mol. The molecule has 5 rings (SSSR count). The third-order valence-corrected chi connectivity index (χ3v) is 5.69. The van der Waals surface area contributed by atoms with Gasteiger partial charge in [0.25, 0.3) is 5.91 Å². The lowest BCUT2D eigenvalue weighted by atomic mass is 9.98. The van der Waals surface area contributed by atoms with Crippen LogP contribution in [0.4, 0.5) is 10.2 Å². The normalized spacial score (nSPS) is 15.8. The number of nitrogens with zero attached hydrogens (tertiary/aromatic N) is 2. The van der Waals surface area contributed by atoms with Crippen LogP contribution in [0.15, 0.2) is 56.2 Å². The second-order valence-corrected chi connectivity index (χ2v) is 7.68. The highest BCUT2D eigenvalue weighted by molar-refractivity contribution is 6.42. The van der Waals surface area contributed by atoms with Crippen LogP contribution in [0.2, 0.25) is 10.0 Å². The molecule has 0 saturated carbocycles. The van der Waals surface area contributed by atoms with E-state index in [1.807, 2.05) is 0 Å². The van der Waals surface area contributed by atoms with Gasteiger partial charge in [0.2, 0.25) is 5.76 Å². The fourth-order valence-corrected chi connectivity index (χ4v) is 3.95. The number of fused-ring (bicyclic) bond motifs is 2. The number of carbonyl (C=O) groups is 1. The minimum absolute atomic E-state index is 0.0322. The number of benzene rings is 2. The molecule has 0 radical (unpaired) electrons. The Labute approximate surface area is 178 Å². The summed E-state index contributed by atoms with van der Waals surface area (Å²) in [6.45, 7) is 1.68. The van der Waals surface area contributed by atoms with Crippen molar-refractivity contribution in [3.63, 3.8) is 0 Å². The molecule has 1 aliphatic heterocycles. The van der Waals surface area contributed by atoms with E-state index in [1.165, 1.54) is 11.0 Å². The summed E-state index contributed by atoms with van der Waals surface area (Å²) >= 11 is 12.2. The van der Waals surface area contributed by atoms with Gasteiger partial charge in [-0.3, -0.25) is 14.5 Å². The second kappa shape index (κ2) is 6.68. The standard InChI is InChI=1S/C21H11Cl2FN2O4/c1-9-6-16(25-30-9)26-18(10-2-4-13(22)14(23)7-10)17-19(27)12-8-11(24)3-5-15(12)29-20(17)21(26)28/h2-8,18H,1H3/t18-/m1/s1. The number of carbonyl (C=O) groups excluding carboxylic acids is 1. The van der Waals surface area contributed by atoms with Gasteiger partial charge in [-0.25, -0.2) is 4.39 Å². The van der Waals surface area contributed by atoms with Crippen molar-refractivity contribution in [3.8, 4) is 0 Å². The van der Waals surface area contributed by atoms with Crippen molar-refractivity contribution in [2.75, 3.05) is 4.90 Å². The summed E-state index contributed by atoms with van der Waals surface area (Å²) in [7, 11) is 0. The number of rotatable bonds is 2. The lowest BCUT2D eigenvalue weighted by molar-refractivity contribution is 0.0969. The first-order valence-electron chi connectivity index (χ1n) is 8.83. The Morgan fingerprint density at radius 1 is 1.07 bits per heavy atom. The van der Waals surface area contributed by atoms with Gasteiger partial charge in [-0.05, 0) is 42.8 Å². The highest BCUT2D eigenvalue weighted by Crippen LogP contribution is 2.42. The average Bonchev–Trinajstić information content (AvgIpc) is 3.26. The largest absolute Gasteiger partial charge is 0.450 e. The van der Waals surface area contributed by atoms with E-state index in [2.05, 4.69) is 5.16 Å². The highest BCUT2D eigenvalue weighted by atomic mass is 35.5. The molecule has 30 heavy (non-hydrogen) atoms. The Morgan fingerprint density at radius 2 is 1.87 bits per heavy atom. The van der Waals surface area contributed by atoms with Crippen molar-refractivity contribution in [2.45, 2.75) is 13.0 Å². The van der Waals surface area contributed by atoms with Crippen LogP contribution < -0.4 is 10.3 Å². The van der Waals surface area contributed by atoms with E-state index in [0.29, 0.717) is 16.3 Å². The molecule has 2 aromatic heterocycles. The minimum atomic E-state index is -0.907. The first-order valence-corrected chi connectivity index (χ1v) is 9.59. The summed E-state index contributed by atoms with van der Waals surface area (Å²) in [6.07, 6.45) is 0. The van der Waals surface area contributed by atoms with E-state index in [0.717, 1.165) is 12.1 Å². The van der Waals surface area contributed by atoms with Crippen LogP contribution >= 0.6 is 23.2 Å². The van der Waals surface area contributed by atoms with Crippen molar-refractivity contribution in [1.82, 2.24) is 5.16 Å². The number of aromatic nitrogens is 1. The summed E-state index contributed by atoms with van der Waals surface area (Å²) in [5, 5.41) is 4.53. The smallest absolute Gasteiger partial charge is 0.296 e. The molecule has 0 fully saturated rings. The average molecular weight is 445 g/mol. The van der Waals surface area contributed by atoms with E-state index >= 15 is 0 Å². The quantitative estimate of drug-likeness (QED) is 0.420. The van der Waals surface area contributed by atoms with E-state index in [1.54, 1.807) is 31.2 Å². The van der Waals surface area contributed by atoms with Gasteiger partial charge >= 0.3 is 0 Å². The molecule has 1 amide bonds. The number of aryl methyl sites for hydroxylation is 1. The molecule has 9 heteroatoms. The van der Waals surface area contributed by atoms with Gasteiger partial charge in [0.1, 0.15) is 17.2 Å². The number of amides is 1. The Morgan fingerprint density at radius 3 is 2.57 bits per heavy atom. The van der Waals surface area contributed by atoms with Gasteiger partial charge < -0.3 is 8.94 Å². The lowest BCUT2D eigenvalue weighted by Gasteiger charge is -2.22. The molecule has 2 aromatic carbocycles. The molecule has 0 unspecified atom stereocenters. The number of hydrogen-bond acceptors (Lipinski definition) is 5. The molecule has 0 N–H and O–H groups in total. The SMILES string of the molecule is Cc1cc(N2C(=O)c3oc4ccc(F)cc4c(=O)c3[C@H]2c2ccc(Cl)c(Cl)c2)no1. The van der Waals surface area contributed by atoms with Crippen molar-refractivity contribution >= 4 is 45.9 Å². The Hall–Kier alpha value is -3.16. The topological polar surface area (TPSA) is 76.6 Å². The molecule has 1 atom stereocenters. The Bertz CT molecular complexity index is 1410. The van der Waals surface area contributed by atoms with Crippen LogP contribution in [0.25, 0.3) is 11.0 Å². The fourth-order valence-electron chi connectivity index (χ4n) is 3.65. The van der Waals surface area contributed by atoms with Crippen LogP contribution in [-0.4, -0.2) is 11.1 Å². The molecule has 4 aromatic rings. The predicted molar refractivity (Wildman–Crippen MR) is 109 cm³/mol. The van der Waals surface area contributed by atoms with E-state index < -0.39 is 23.2 Å². The summed E-state index contributed by atoms with van der Waals surface area (Å²) < 4.78 is 24.7. The zero-order valence-corrected chi connectivity index (χ0v) is 16.8. The first-order chi connectivity index (χ1) is 14.3. The number of hydrogen-bond donors (Lipinski definition) is 0. The summed E-state index contributed by atoms with van der Waals surface area (Å²) in [5.41, 5.74) is 0.176. The maximum Gasteiger partial charge on any atom is 0.296 e. The van der Waals surface area contributed by atoms with Crippen LogP contribution in [-0.2, 0) is 0 Å². The van der Waals surface area contributed by atoms with Gasteiger partial charge in [0, 0.05) is 6.07 Å². The molecule has 150 valence electrons. The minimum Gasteiger partial charge on any atom is -0.450 e. The van der Waals surface area contributed by atoms with Crippen LogP contribution in [0, 0.1) is 12.7 Å². The summed E-state index contributed by atoms with van der Waals surface area (Å²) in [6, 6.07) is 9.00. The van der Waals surface area contributed by atoms with Gasteiger partial charge in [-0.1, -0.05) is 34.4 Å². The van der Waals surface area contributed by atoms with E-state index in [9.17, 15) is 14.0 Å². The molecule has 0 bridgehead atoms. The Kier molecular flexibility index (Phi) is 4.20. The number of anilines is 1. The van der Waals surface area contributed by atoms with Crippen molar-refractivity contribution in [1.29, 1.82) is 0 Å². The zero-order valence-electron chi connectivity index (χ0n) is 15.3. The molecular formula is C21H11Cl2FN2O4. The maximum absolute atomic E-state index is 13.8. The molecule has 1 aliphatic rings. The van der Waals surface area contributed by atoms with E-state index in [-0.39, 0.29) is 33.1 Å². The molecule has 0 saturated heterocycles. The lowest BCUT2D eigenvalue weighted by Crippen LogP contribution is -2.29. The highest BCUT2D eigenvalue weighted by Gasteiger charge is 2.45. The van der Waals surface area contributed by atoms with Gasteiger partial charge in [0.05, 0.1) is 27.0 Å². The summed E-state index contributed by atoms with van der Waals surface area (Å²) in [4.78, 5) is 27.9. The predicted octanol–water partition coefficient (Wildman–Crippen LogP) is 5.29. The maximum atomic E-state index is 13.8. The third kappa shape index (κ3) is 2.74. The zero-order chi connectivity index (χ0) is 21.2. The first kappa shape index (κ1) is 18.8.